The molecule has 0 saturated heterocycles. The summed E-state index contributed by atoms with van der Waals surface area (Å²) in [6, 6.07) is 15.6. The Kier molecular flexibility index (Phi) is 3.93. The largest absolute Gasteiger partial charge is 0.363 e. The summed E-state index contributed by atoms with van der Waals surface area (Å²) >= 11 is 0. The number of carbonyl (C=O) groups is 2. The third-order valence-electron chi connectivity index (χ3n) is 2.64. The molecule has 1 amide bonds. The van der Waals surface area contributed by atoms with E-state index in [1.165, 1.54) is 0 Å². The molecule has 0 unspecified atom stereocenters. The summed E-state index contributed by atoms with van der Waals surface area (Å²) in [5.41, 5.74) is 3.79. The van der Waals surface area contributed by atoms with Crippen LogP contribution in [0.15, 0.2) is 54.6 Å². The van der Waals surface area contributed by atoms with Crippen LogP contribution in [0.25, 0.3) is 0 Å². The fraction of sp³-hybridized carbons (Fsp3) is 0.0667. The molecule has 0 fully saturated rings. The van der Waals surface area contributed by atoms with Crippen LogP contribution in [0.4, 0.5) is 0 Å². The van der Waals surface area contributed by atoms with E-state index in [4.69, 9.17) is 4.84 Å². The first-order chi connectivity index (χ1) is 9.18. The Hall–Kier alpha value is -2.62. The van der Waals surface area contributed by atoms with Crippen LogP contribution < -0.4 is 5.48 Å². The fourth-order valence-electron chi connectivity index (χ4n) is 1.60. The summed E-state index contributed by atoms with van der Waals surface area (Å²) in [5, 5.41) is 0. The summed E-state index contributed by atoms with van der Waals surface area (Å²) in [6.07, 6.45) is 0. The molecule has 0 aliphatic rings. The van der Waals surface area contributed by atoms with E-state index in [1.54, 1.807) is 55.5 Å². The number of hydroxylamine groups is 1. The van der Waals surface area contributed by atoms with Gasteiger partial charge >= 0.3 is 5.97 Å². The van der Waals surface area contributed by atoms with Gasteiger partial charge < -0.3 is 4.84 Å². The van der Waals surface area contributed by atoms with Gasteiger partial charge in [-0.2, -0.15) is 5.48 Å². The van der Waals surface area contributed by atoms with E-state index in [2.05, 4.69) is 5.48 Å². The van der Waals surface area contributed by atoms with Crippen LogP contribution in [0.3, 0.4) is 0 Å². The number of carbonyl (C=O) groups excluding carboxylic acids is 2. The predicted molar refractivity (Wildman–Crippen MR) is 70.5 cm³/mol. The molecule has 0 bridgehead atoms. The average molecular weight is 255 g/mol. The Morgan fingerprint density at radius 2 is 1.58 bits per heavy atom. The molecule has 1 N–H and O–H groups in total. The van der Waals surface area contributed by atoms with E-state index in [1.807, 2.05) is 6.07 Å². The monoisotopic (exact) mass is 255 g/mol. The summed E-state index contributed by atoms with van der Waals surface area (Å²) in [7, 11) is 0. The zero-order chi connectivity index (χ0) is 13.7. The zero-order valence-corrected chi connectivity index (χ0v) is 10.4. The highest BCUT2D eigenvalue weighted by Crippen LogP contribution is 2.08. The number of hydrogen-bond acceptors (Lipinski definition) is 3. The molecule has 0 heterocycles. The van der Waals surface area contributed by atoms with Crippen molar-refractivity contribution in [2.24, 2.45) is 0 Å². The van der Waals surface area contributed by atoms with Gasteiger partial charge in [-0.05, 0) is 30.7 Å². The first-order valence-electron chi connectivity index (χ1n) is 5.80. The lowest BCUT2D eigenvalue weighted by Gasteiger charge is -2.07. The van der Waals surface area contributed by atoms with Crippen LogP contribution in [0.5, 0.6) is 0 Å². The SMILES string of the molecule is Cc1ccccc1C(=O)ONC(=O)c1ccccc1. The Balaban J connectivity index is 1.98. The Morgan fingerprint density at radius 1 is 0.947 bits per heavy atom. The van der Waals surface area contributed by atoms with Crippen molar-refractivity contribution in [2.75, 3.05) is 0 Å². The molecule has 2 aromatic rings. The minimum absolute atomic E-state index is 0.427. The van der Waals surface area contributed by atoms with Gasteiger partial charge in [0.1, 0.15) is 0 Å². The molecular formula is C15H13NO3. The molecule has 4 heteroatoms. The molecule has 2 rings (SSSR count). The van der Waals surface area contributed by atoms with Crippen molar-refractivity contribution in [3.63, 3.8) is 0 Å². The number of aryl methyl sites for hydroxylation is 1. The second kappa shape index (κ2) is 5.82. The molecule has 0 aromatic heterocycles. The molecule has 4 nitrogen and oxygen atoms in total. The van der Waals surface area contributed by atoms with E-state index in [0.29, 0.717) is 11.1 Å². The fourth-order valence-corrected chi connectivity index (χ4v) is 1.60. The normalized spacial score (nSPS) is 9.74. The first-order valence-corrected chi connectivity index (χ1v) is 5.80. The highest BCUT2D eigenvalue weighted by molar-refractivity contribution is 5.96. The van der Waals surface area contributed by atoms with Crippen molar-refractivity contribution < 1.29 is 14.4 Å². The van der Waals surface area contributed by atoms with Crippen LogP contribution in [-0.4, -0.2) is 11.9 Å². The van der Waals surface area contributed by atoms with Crippen molar-refractivity contribution in [1.29, 1.82) is 0 Å². The molecule has 0 radical (unpaired) electrons. The Labute approximate surface area is 111 Å². The van der Waals surface area contributed by atoms with Gasteiger partial charge in [0.15, 0.2) is 0 Å². The number of benzene rings is 2. The minimum atomic E-state index is -0.581. The number of nitrogens with one attached hydrogen (secondary N) is 1. The lowest BCUT2D eigenvalue weighted by atomic mass is 10.1. The molecule has 19 heavy (non-hydrogen) atoms. The van der Waals surface area contributed by atoms with Gasteiger partial charge in [-0.1, -0.05) is 36.4 Å². The second-order valence-electron chi connectivity index (χ2n) is 4.00. The van der Waals surface area contributed by atoms with Gasteiger partial charge in [0.05, 0.1) is 5.56 Å². The average Bonchev–Trinajstić information content (AvgIpc) is 2.46. The second-order valence-corrected chi connectivity index (χ2v) is 4.00. The van der Waals surface area contributed by atoms with Crippen LogP contribution in [0, 0.1) is 6.92 Å². The van der Waals surface area contributed by atoms with Crippen molar-refractivity contribution >= 4 is 11.9 Å². The quantitative estimate of drug-likeness (QED) is 0.839. The van der Waals surface area contributed by atoms with Crippen molar-refractivity contribution in [3.8, 4) is 0 Å². The molecular weight excluding hydrogens is 242 g/mol. The van der Waals surface area contributed by atoms with Crippen molar-refractivity contribution in [1.82, 2.24) is 5.48 Å². The van der Waals surface area contributed by atoms with E-state index < -0.39 is 11.9 Å². The van der Waals surface area contributed by atoms with Gasteiger partial charge in [-0.15, -0.1) is 0 Å². The third-order valence-corrected chi connectivity index (χ3v) is 2.64. The topological polar surface area (TPSA) is 55.4 Å². The summed E-state index contributed by atoms with van der Waals surface area (Å²) in [5.74, 6) is -1.04. The lowest BCUT2D eigenvalue weighted by molar-refractivity contribution is 0.0229. The Morgan fingerprint density at radius 3 is 2.26 bits per heavy atom. The molecule has 0 spiro atoms. The molecule has 96 valence electrons. The molecule has 0 saturated carbocycles. The van der Waals surface area contributed by atoms with Gasteiger partial charge in [-0.25, -0.2) is 4.79 Å². The highest BCUT2D eigenvalue weighted by Gasteiger charge is 2.12. The lowest BCUT2D eigenvalue weighted by Crippen LogP contribution is -2.27. The summed E-state index contributed by atoms with van der Waals surface area (Å²) in [4.78, 5) is 28.2. The predicted octanol–water partition coefficient (Wildman–Crippen LogP) is 2.50. The molecule has 0 atom stereocenters. The zero-order valence-electron chi connectivity index (χ0n) is 10.4. The number of rotatable bonds is 2. The molecule has 2 aromatic carbocycles. The van der Waals surface area contributed by atoms with Crippen molar-refractivity contribution in [3.05, 3.63) is 71.3 Å². The van der Waals surface area contributed by atoms with Crippen molar-refractivity contribution in [2.45, 2.75) is 6.92 Å². The Bertz CT molecular complexity index is 593. The van der Waals surface area contributed by atoms with Crippen LogP contribution in [0.1, 0.15) is 26.3 Å². The standard InChI is InChI=1S/C15H13NO3/c1-11-7-5-6-10-13(11)15(18)19-16-14(17)12-8-3-2-4-9-12/h2-10H,1H3,(H,16,17). The van der Waals surface area contributed by atoms with E-state index in [9.17, 15) is 9.59 Å². The summed E-state index contributed by atoms with van der Waals surface area (Å²) < 4.78 is 0. The first kappa shape index (κ1) is 12.8. The van der Waals surface area contributed by atoms with E-state index >= 15 is 0 Å². The van der Waals surface area contributed by atoms with Gasteiger partial charge in [0, 0.05) is 5.56 Å². The maximum atomic E-state index is 11.8. The van der Waals surface area contributed by atoms with Crippen LogP contribution in [-0.2, 0) is 4.84 Å². The smallest absolute Gasteiger partial charge is 0.335 e. The van der Waals surface area contributed by atoms with Gasteiger partial charge in [0.25, 0.3) is 5.91 Å². The maximum Gasteiger partial charge on any atom is 0.363 e. The number of hydrogen-bond donors (Lipinski definition) is 1. The van der Waals surface area contributed by atoms with E-state index in [0.717, 1.165) is 5.56 Å². The van der Waals surface area contributed by atoms with Crippen LogP contribution in [0.2, 0.25) is 0 Å². The van der Waals surface area contributed by atoms with Crippen LogP contribution >= 0.6 is 0 Å². The van der Waals surface area contributed by atoms with E-state index in [-0.39, 0.29) is 0 Å². The minimum Gasteiger partial charge on any atom is -0.335 e. The maximum absolute atomic E-state index is 11.8. The third kappa shape index (κ3) is 3.19. The summed E-state index contributed by atoms with van der Waals surface area (Å²) in [6.45, 7) is 1.80. The number of amides is 1. The highest BCUT2D eigenvalue weighted by atomic mass is 16.7. The molecule has 0 aliphatic carbocycles. The molecule has 0 aliphatic heterocycles. The van der Waals surface area contributed by atoms with Gasteiger partial charge in [0.2, 0.25) is 0 Å². The van der Waals surface area contributed by atoms with Gasteiger partial charge in [-0.3, -0.25) is 4.79 Å².